The number of nitrogens with zero attached hydrogens (tertiary/aromatic N) is 1. The van der Waals surface area contributed by atoms with Gasteiger partial charge in [-0.1, -0.05) is 27.5 Å². The standard InChI is InChI=1S/C14H7Br2ClN2O/c15-10-4-9(5-11(17)6-10)14(20)19-13-2-1-8(7-18)3-12(13)16/h1-6H,(H,19,20). The maximum atomic E-state index is 12.1. The monoisotopic (exact) mass is 412 g/mol. The fraction of sp³-hybridized carbons (Fsp3) is 0. The average molecular weight is 414 g/mol. The fourth-order valence-electron chi connectivity index (χ4n) is 1.57. The van der Waals surface area contributed by atoms with Crippen molar-refractivity contribution in [1.29, 1.82) is 5.26 Å². The molecule has 6 heteroatoms. The number of halogens is 3. The van der Waals surface area contributed by atoms with Gasteiger partial charge in [0.05, 0.1) is 17.3 Å². The number of carbonyl (C=O) groups is 1. The number of nitriles is 1. The Bertz CT molecular complexity index is 705. The highest BCUT2D eigenvalue weighted by atomic mass is 79.9. The largest absolute Gasteiger partial charge is 0.321 e. The van der Waals surface area contributed by atoms with Crippen LogP contribution in [-0.2, 0) is 0 Å². The summed E-state index contributed by atoms with van der Waals surface area (Å²) in [5.74, 6) is -0.279. The van der Waals surface area contributed by atoms with Crippen molar-refractivity contribution in [1.82, 2.24) is 0 Å². The molecule has 0 saturated heterocycles. The Labute approximate surface area is 137 Å². The van der Waals surface area contributed by atoms with Gasteiger partial charge in [-0.25, -0.2) is 0 Å². The van der Waals surface area contributed by atoms with Crippen molar-refractivity contribution < 1.29 is 4.79 Å². The molecule has 2 aromatic rings. The molecule has 0 unspecified atom stereocenters. The molecule has 0 heterocycles. The van der Waals surface area contributed by atoms with Crippen LogP contribution in [0.25, 0.3) is 0 Å². The van der Waals surface area contributed by atoms with Crippen molar-refractivity contribution in [2.24, 2.45) is 0 Å². The first-order valence-corrected chi connectivity index (χ1v) is 7.43. The van der Waals surface area contributed by atoms with Gasteiger partial charge < -0.3 is 5.32 Å². The number of hydrogen-bond donors (Lipinski definition) is 1. The number of anilines is 1. The van der Waals surface area contributed by atoms with Crippen molar-refractivity contribution in [3.05, 3.63) is 61.5 Å². The zero-order valence-electron chi connectivity index (χ0n) is 9.95. The van der Waals surface area contributed by atoms with Gasteiger partial charge in [0.25, 0.3) is 5.91 Å². The summed E-state index contributed by atoms with van der Waals surface area (Å²) in [4.78, 5) is 12.1. The predicted molar refractivity (Wildman–Crippen MR) is 86.0 cm³/mol. The smallest absolute Gasteiger partial charge is 0.255 e. The number of hydrogen-bond acceptors (Lipinski definition) is 2. The average Bonchev–Trinajstić information content (AvgIpc) is 2.39. The number of nitrogens with one attached hydrogen (secondary N) is 1. The van der Waals surface area contributed by atoms with Crippen LogP contribution in [0.3, 0.4) is 0 Å². The van der Waals surface area contributed by atoms with Gasteiger partial charge in [0.2, 0.25) is 0 Å². The molecular formula is C14H7Br2ClN2O. The summed E-state index contributed by atoms with van der Waals surface area (Å²) >= 11 is 12.5. The van der Waals surface area contributed by atoms with E-state index in [-0.39, 0.29) is 5.91 Å². The Balaban J connectivity index is 2.26. The van der Waals surface area contributed by atoms with Crippen LogP contribution in [0.4, 0.5) is 5.69 Å². The first-order chi connectivity index (χ1) is 9.49. The number of rotatable bonds is 2. The highest BCUT2D eigenvalue weighted by Crippen LogP contribution is 2.25. The van der Waals surface area contributed by atoms with E-state index in [9.17, 15) is 4.79 Å². The molecule has 20 heavy (non-hydrogen) atoms. The Morgan fingerprint density at radius 1 is 1.20 bits per heavy atom. The van der Waals surface area contributed by atoms with Crippen LogP contribution >= 0.6 is 43.5 Å². The zero-order chi connectivity index (χ0) is 14.7. The van der Waals surface area contributed by atoms with Gasteiger partial charge >= 0.3 is 0 Å². The molecule has 3 nitrogen and oxygen atoms in total. The van der Waals surface area contributed by atoms with E-state index in [1.54, 1.807) is 36.4 Å². The molecule has 1 N–H and O–H groups in total. The molecular weight excluding hydrogens is 407 g/mol. The second kappa shape index (κ2) is 6.40. The van der Waals surface area contributed by atoms with E-state index in [4.69, 9.17) is 16.9 Å². The minimum atomic E-state index is -0.279. The van der Waals surface area contributed by atoms with Gasteiger partial charge in [-0.05, 0) is 52.3 Å². The van der Waals surface area contributed by atoms with Crippen molar-refractivity contribution in [3.8, 4) is 6.07 Å². The third kappa shape index (κ3) is 3.60. The van der Waals surface area contributed by atoms with Crippen molar-refractivity contribution in [2.75, 3.05) is 5.32 Å². The molecule has 0 aromatic heterocycles. The van der Waals surface area contributed by atoms with Gasteiger partial charge in [0, 0.05) is 19.5 Å². The summed E-state index contributed by atoms with van der Waals surface area (Å²) in [5, 5.41) is 12.0. The first kappa shape index (κ1) is 15.0. The minimum absolute atomic E-state index is 0.279. The normalized spacial score (nSPS) is 9.90. The van der Waals surface area contributed by atoms with E-state index in [1.165, 1.54) is 0 Å². The summed E-state index contributed by atoms with van der Waals surface area (Å²) in [6.07, 6.45) is 0. The molecule has 0 saturated carbocycles. The lowest BCUT2D eigenvalue weighted by molar-refractivity contribution is 0.102. The molecule has 2 rings (SSSR count). The predicted octanol–water partition coefficient (Wildman–Crippen LogP) is 4.99. The van der Waals surface area contributed by atoms with E-state index < -0.39 is 0 Å². The molecule has 0 spiro atoms. The van der Waals surface area contributed by atoms with Crippen LogP contribution in [0.15, 0.2) is 45.3 Å². The molecule has 0 aliphatic rings. The van der Waals surface area contributed by atoms with E-state index >= 15 is 0 Å². The Kier molecular flexibility index (Phi) is 4.81. The number of carbonyl (C=O) groups excluding carboxylic acids is 1. The maximum absolute atomic E-state index is 12.1. The Hall–Kier alpha value is -1.35. The van der Waals surface area contributed by atoms with Crippen molar-refractivity contribution in [3.63, 3.8) is 0 Å². The highest BCUT2D eigenvalue weighted by molar-refractivity contribution is 9.10. The van der Waals surface area contributed by atoms with Gasteiger partial charge in [0.15, 0.2) is 0 Å². The third-order valence-electron chi connectivity index (χ3n) is 2.47. The summed E-state index contributed by atoms with van der Waals surface area (Å²) < 4.78 is 1.38. The van der Waals surface area contributed by atoms with E-state index in [0.29, 0.717) is 26.3 Å². The Morgan fingerprint density at radius 2 is 1.95 bits per heavy atom. The van der Waals surface area contributed by atoms with Crippen LogP contribution in [0, 0.1) is 11.3 Å². The lowest BCUT2D eigenvalue weighted by Gasteiger charge is -2.08. The molecule has 0 aliphatic heterocycles. The van der Waals surface area contributed by atoms with Crippen LogP contribution in [0.2, 0.25) is 5.02 Å². The molecule has 1 amide bonds. The second-order valence-electron chi connectivity index (χ2n) is 3.92. The quantitative estimate of drug-likeness (QED) is 0.753. The van der Waals surface area contributed by atoms with Crippen molar-refractivity contribution >= 4 is 55.1 Å². The van der Waals surface area contributed by atoms with E-state index in [1.807, 2.05) is 6.07 Å². The summed E-state index contributed by atoms with van der Waals surface area (Å²) in [7, 11) is 0. The molecule has 0 radical (unpaired) electrons. The molecule has 100 valence electrons. The second-order valence-corrected chi connectivity index (χ2v) is 6.13. The minimum Gasteiger partial charge on any atom is -0.321 e. The fourth-order valence-corrected chi connectivity index (χ4v) is 2.90. The van der Waals surface area contributed by atoms with E-state index in [0.717, 1.165) is 4.47 Å². The Morgan fingerprint density at radius 3 is 2.55 bits per heavy atom. The third-order valence-corrected chi connectivity index (χ3v) is 3.80. The van der Waals surface area contributed by atoms with Crippen molar-refractivity contribution in [2.45, 2.75) is 0 Å². The molecule has 0 bridgehead atoms. The maximum Gasteiger partial charge on any atom is 0.255 e. The van der Waals surface area contributed by atoms with Gasteiger partial charge in [-0.3, -0.25) is 4.79 Å². The first-order valence-electron chi connectivity index (χ1n) is 5.46. The SMILES string of the molecule is N#Cc1ccc(NC(=O)c2cc(Cl)cc(Br)c2)c(Br)c1. The topological polar surface area (TPSA) is 52.9 Å². The zero-order valence-corrected chi connectivity index (χ0v) is 13.9. The van der Waals surface area contributed by atoms with E-state index in [2.05, 4.69) is 37.2 Å². The lowest BCUT2D eigenvalue weighted by atomic mass is 10.2. The highest BCUT2D eigenvalue weighted by Gasteiger charge is 2.10. The van der Waals surface area contributed by atoms with Crippen LogP contribution in [-0.4, -0.2) is 5.91 Å². The number of amides is 1. The van der Waals surface area contributed by atoms with Crippen LogP contribution in [0.5, 0.6) is 0 Å². The molecule has 0 aliphatic carbocycles. The van der Waals surface area contributed by atoms with Gasteiger partial charge in [-0.15, -0.1) is 0 Å². The molecule has 0 atom stereocenters. The van der Waals surface area contributed by atoms with Gasteiger partial charge in [-0.2, -0.15) is 5.26 Å². The summed E-state index contributed by atoms with van der Waals surface area (Å²) in [6, 6.07) is 11.9. The molecule has 2 aromatic carbocycles. The summed E-state index contributed by atoms with van der Waals surface area (Å²) in [6.45, 7) is 0. The van der Waals surface area contributed by atoms with Crippen LogP contribution in [0.1, 0.15) is 15.9 Å². The molecule has 0 fully saturated rings. The number of benzene rings is 2. The lowest BCUT2D eigenvalue weighted by Crippen LogP contribution is -2.12. The van der Waals surface area contributed by atoms with Gasteiger partial charge in [0.1, 0.15) is 0 Å². The summed E-state index contributed by atoms with van der Waals surface area (Å²) in [5.41, 5.74) is 1.55. The van der Waals surface area contributed by atoms with Crippen LogP contribution < -0.4 is 5.32 Å².